The van der Waals surface area contributed by atoms with E-state index in [0.29, 0.717) is 19.3 Å². The van der Waals surface area contributed by atoms with Crippen molar-refractivity contribution in [3.05, 3.63) is 60.8 Å². The van der Waals surface area contributed by atoms with Crippen LogP contribution in [-0.4, -0.2) is 37.2 Å². The molecule has 0 bridgehead atoms. The quantitative estimate of drug-likeness (QED) is 0.0261. The van der Waals surface area contributed by atoms with Gasteiger partial charge >= 0.3 is 17.9 Å². The van der Waals surface area contributed by atoms with Crippen molar-refractivity contribution < 1.29 is 28.6 Å². The van der Waals surface area contributed by atoms with Gasteiger partial charge in [-0.15, -0.1) is 0 Å². The number of esters is 3. The minimum Gasteiger partial charge on any atom is -0.462 e. The van der Waals surface area contributed by atoms with Crippen molar-refractivity contribution in [1.82, 2.24) is 0 Å². The van der Waals surface area contributed by atoms with Crippen LogP contribution in [0.5, 0.6) is 0 Å². The molecule has 1 atom stereocenters. The van der Waals surface area contributed by atoms with Gasteiger partial charge in [-0.3, -0.25) is 14.4 Å². The molecular weight excluding hydrogens is 1020 g/mol. The van der Waals surface area contributed by atoms with Crippen LogP contribution in [0, 0.1) is 0 Å². The number of rotatable bonds is 68. The van der Waals surface area contributed by atoms with Crippen LogP contribution in [0.1, 0.15) is 393 Å². The third-order valence-corrected chi connectivity index (χ3v) is 16.5. The largest absolute Gasteiger partial charge is 0.462 e. The highest BCUT2D eigenvalue weighted by Crippen LogP contribution is 2.18. The van der Waals surface area contributed by atoms with E-state index in [1.807, 2.05) is 0 Å². The van der Waals surface area contributed by atoms with Gasteiger partial charge in [0.2, 0.25) is 0 Å². The summed E-state index contributed by atoms with van der Waals surface area (Å²) in [5.41, 5.74) is 0. The van der Waals surface area contributed by atoms with Gasteiger partial charge in [0, 0.05) is 19.3 Å². The van der Waals surface area contributed by atoms with E-state index in [-0.39, 0.29) is 31.1 Å². The van der Waals surface area contributed by atoms with Gasteiger partial charge in [-0.1, -0.05) is 351 Å². The van der Waals surface area contributed by atoms with Crippen LogP contribution in [-0.2, 0) is 28.6 Å². The smallest absolute Gasteiger partial charge is 0.306 e. The van der Waals surface area contributed by atoms with Crippen molar-refractivity contribution in [1.29, 1.82) is 0 Å². The molecule has 0 aliphatic heterocycles. The van der Waals surface area contributed by atoms with E-state index in [1.54, 1.807) is 0 Å². The average Bonchev–Trinajstić information content (AvgIpc) is 3.50. The molecule has 1 unspecified atom stereocenters. The lowest BCUT2D eigenvalue weighted by Gasteiger charge is -2.18. The molecule has 6 nitrogen and oxygen atoms in total. The third kappa shape index (κ3) is 69.8. The number of hydrogen-bond acceptors (Lipinski definition) is 6. The molecule has 0 saturated heterocycles. The van der Waals surface area contributed by atoms with Crippen molar-refractivity contribution in [2.75, 3.05) is 13.2 Å². The van der Waals surface area contributed by atoms with Gasteiger partial charge in [0.05, 0.1) is 0 Å². The van der Waals surface area contributed by atoms with Gasteiger partial charge < -0.3 is 14.2 Å². The van der Waals surface area contributed by atoms with E-state index in [9.17, 15) is 14.4 Å². The average molecular weight is 1160 g/mol. The molecule has 0 aromatic carbocycles. The molecular formula is C77H140O6. The molecule has 0 amide bonds. The van der Waals surface area contributed by atoms with Gasteiger partial charge in [0.25, 0.3) is 0 Å². The molecule has 0 N–H and O–H groups in total. The summed E-state index contributed by atoms with van der Waals surface area (Å²) in [6, 6.07) is 0. The lowest BCUT2D eigenvalue weighted by atomic mass is 10.0. The fourth-order valence-electron chi connectivity index (χ4n) is 10.9. The van der Waals surface area contributed by atoms with Crippen LogP contribution in [0.25, 0.3) is 0 Å². The lowest BCUT2D eigenvalue weighted by Crippen LogP contribution is -2.30. The second-order valence-corrected chi connectivity index (χ2v) is 24.9. The molecule has 0 spiro atoms. The Morgan fingerprint density at radius 1 is 0.241 bits per heavy atom. The first kappa shape index (κ1) is 80.1. The molecule has 0 fully saturated rings. The van der Waals surface area contributed by atoms with Crippen LogP contribution < -0.4 is 0 Å². The van der Waals surface area contributed by atoms with E-state index < -0.39 is 6.10 Å². The molecule has 0 rings (SSSR count). The standard InChI is InChI=1S/C77H140O6/c1-4-7-10-13-16-19-22-25-28-30-32-34-35-36-37-38-39-40-41-42-43-44-46-47-49-52-55-58-61-64-67-70-76(79)82-73-74(72-81-75(78)69-66-63-60-57-54-51-27-24-21-18-15-12-9-6-3)83-77(80)71-68-65-62-59-56-53-50-48-45-33-31-29-26-23-20-17-14-11-8-5-2/h15,18,22,24-25,27,30,32,35-36,74H,4-14,16-17,19-21,23,26,28-29,31,33-34,37-73H2,1-3H3/b18-15-,25-22-,27-24-,32-30-,36-35-. The fourth-order valence-corrected chi connectivity index (χ4v) is 10.9. The fraction of sp³-hybridized carbons (Fsp3) is 0.831. The van der Waals surface area contributed by atoms with Gasteiger partial charge in [0.1, 0.15) is 13.2 Å². The normalized spacial score (nSPS) is 12.4. The van der Waals surface area contributed by atoms with E-state index in [1.165, 1.54) is 263 Å². The summed E-state index contributed by atoms with van der Waals surface area (Å²) in [4.78, 5) is 38.5. The maximum atomic E-state index is 13.0. The van der Waals surface area contributed by atoms with E-state index in [2.05, 4.69) is 81.5 Å². The summed E-state index contributed by atoms with van der Waals surface area (Å²) >= 11 is 0. The highest BCUT2D eigenvalue weighted by Gasteiger charge is 2.19. The molecule has 6 heteroatoms. The van der Waals surface area contributed by atoms with Crippen LogP contribution >= 0.6 is 0 Å². The van der Waals surface area contributed by atoms with E-state index in [4.69, 9.17) is 14.2 Å². The summed E-state index contributed by atoms with van der Waals surface area (Å²) in [6.07, 6.45) is 92.6. The minimum absolute atomic E-state index is 0.0739. The molecule has 0 aromatic rings. The zero-order chi connectivity index (χ0) is 59.9. The van der Waals surface area contributed by atoms with Crippen LogP contribution in [0.15, 0.2) is 60.8 Å². The monoisotopic (exact) mass is 1160 g/mol. The predicted molar refractivity (Wildman–Crippen MR) is 362 cm³/mol. The number of hydrogen-bond donors (Lipinski definition) is 0. The van der Waals surface area contributed by atoms with Crippen molar-refractivity contribution in [3.8, 4) is 0 Å². The van der Waals surface area contributed by atoms with Crippen molar-refractivity contribution in [3.63, 3.8) is 0 Å². The SMILES string of the molecule is CCCC/C=C\C/C=C\CCCCCCCC(=O)OCC(COC(=O)CCCCCCCCCCCCCCCCCC/C=C\C/C=C\C/C=C\CCCCCCC)OC(=O)CCCCCCCCCCCCCCCCCCCCCC. The molecule has 0 aromatic heterocycles. The Hall–Kier alpha value is -2.89. The Morgan fingerprint density at radius 2 is 0.446 bits per heavy atom. The minimum atomic E-state index is -0.779. The molecule has 83 heavy (non-hydrogen) atoms. The third-order valence-electron chi connectivity index (χ3n) is 16.5. The topological polar surface area (TPSA) is 78.9 Å². The Balaban J connectivity index is 4.20. The molecule has 0 radical (unpaired) electrons. The molecule has 0 saturated carbocycles. The number of ether oxygens (including phenoxy) is 3. The maximum Gasteiger partial charge on any atom is 0.306 e. The van der Waals surface area contributed by atoms with Gasteiger partial charge in [-0.05, 0) is 83.5 Å². The Morgan fingerprint density at radius 3 is 0.711 bits per heavy atom. The molecule has 0 aliphatic rings. The number of unbranched alkanes of at least 4 members (excludes halogenated alkanes) is 47. The number of carbonyl (C=O) groups is 3. The Kier molecular flexibility index (Phi) is 69.1. The van der Waals surface area contributed by atoms with Crippen LogP contribution in [0.3, 0.4) is 0 Å². The second-order valence-electron chi connectivity index (χ2n) is 24.9. The first-order valence-electron chi connectivity index (χ1n) is 36.8. The lowest BCUT2D eigenvalue weighted by molar-refractivity contribution is -0.167. The van der Waals surface area contributed by atoms with E-state index >= 15 is 0 Å². The van der Waals surface area contributed by atoms with Crippen molar-refractivity contribution in [2.45, 2.75) is 399 Å². The Labute approximate surface area is 517 Å². The highest BCUT2D eigenvalue weighted by molar-refractivity contribution is 5.71. The zero-order valence-corrected chi connectivity index (χ0v) is 55.7. The first-order chi connectivity index (χ1) is 41.0. The molecule has 484 valence electrons. The summed E-state index contributed by atoms with van der Waals surface area (Å²) in [5, 5.41) is 0. The molecule has 0 aliphatic carbocycles. The van der Waals surface area contributed by atoms with Crippen molar-refractivity contribution >= 4 is 17.9 Å². The highest BCUT2D eigenvalue weighted by atomic mass is 16.6. The maximum absolute atomic E-state index is 13.0. The summed E-state index contributed by atoms with van der Waals surface area (Å²) in [5.74, 6) is -0.862. The number of allylic oxidation sites excluding steroid dienone is 10. The summed E-state index contributed by atoms with van der Waals surface area (Å²) < 4.78 is 17.0. The predicted octanol–water partition coefficient (Wildman–Crippen LogP) is 25.5. The van der Waals surface area contributed by atoms with Crippen molar-refractivity contribution in [2.24, 2.45) is 0 Å². The van der Waals surface area contributed by atoms with Gasteiger partial charge in [-0.25, -0.2) is 0 Å². The summed E-state index contributed by atoms with van der Waals surface area (Å²) in [6.45, 7) is 6.64. The zero-order valence-electron chi connectivity index (χ0n) is 55.7. The van der Waals surface area contributed by atoms with Crippen LogP contribution in [0.2, 0.25) is 0 Å². The van der Waals surface area contributed by atoms with E-state index in [0.717, 1.165) is 89.9 Å². The second kappa shape index (κ2) is 71.6. The first-order valence-corrected chi connectivity index (χ1v) is 36.8. The van der Waals surface area contributed by atoms with Crippen LogP contribution in [0.4, 0.5) is 0 Å². The summed E-state index contributed by atoms with van der Waals surface area (Å²) in [7, 11) is 0. The number of carbonyl (C=O) groups excluding carboxylic acids is 3. The van der Waals surface area contributed by atoms with Gasteiger partial charge in [-0.2, -0.15) is 0 Å². The van der Waals surface area contributed by atoms with Gasteiger partial charge in [0.15, 0.2) is 6.10 Å². The Bertz CT molecular complexity index is 1470. The molecule has 0 heterocycles.